The summed E-state index contributed by atoms with van der Waals surface area (Å²) in [4.78, 5) is 2.92. The normalized spacial score (nSPS) is 39.6. The Morgan fingerprint density at radius 3 is 2.19 bits per heavy atom. The van der Waals surface area contributed by atoms with Crippen LogP contribution < -0.4 is 11.1 Å². The van der Waals surface area contributed by atoms with Gasteiger partial charge in [0.1, 0.15) is 0 Å². The average molecular weight is 370 g/mol. The number of nitrogen functional groups attached to an aromatic ring is 1. The summed E-state index contributed by atoms with van der Waals surface area (Å²) < 4.78 is 6.00. The van der Waals surface area contributed by atoms with E-state index in [4.69, 9.17) is 10.5 Å². The summed E-state index contributed by atoms with van der Waals surface area (Å²) in [6.07, 6.45) is 12.6. The zero-order valence-corrected chi connectivity index (χ0v) is 16.5. The summed E-state index contributed by atoms with van der Waals surface area (Å²) in [5, 5.41) is 3.74. The van der Waals surface area contributed by atoms with Crippen LogP contribution in [0.25, 0.3) is 0 Å². The summed E-state index contributed by atoms with van der Waals surface area (Å²) in [6, 6.07) is 10.6. The molecule has 1 aromatic carbocycles. The number of para-hydroxylation sites is 2. The number of morpholine rings is 1. The summed E-state index contributed by atoms with van der Waals surface area (Å²) in [5.41, 5.74) is 8.12. The van der Waals surface area contributed by atoms with Gasteiger partial charge in [-0.3, -0.25) is 4.90 Å². The third-order valence-corrected chi connectivity index (χ3v) is 7.67. The van der Waals surface area contributed by atoms with Gasteiger partial charge in [-0.25, -0.2) is 0 Å². The molecule has 148 valence electrons. The minimum Gasteiger partial charge on any atom is -0.397 e. The number of ether oxygens (including phenoxy) is 1. The van der Waals surface area contributed by atoms with Gasteiger partial charge in [-0.15, -0.1) is 0 Å². The maximum Gasteiger partial charge on any atom is 0.0623 e. The SMILES string of the molecule is Nc1ccccc1N[C@H]1C[C@H]2COC[C@@H](C1)N2C1CC2CCCCC(C2)C1. The molecule has 2 aliphatic heterocycles. The second-order valence-corrected chi connectivity index (χ2v) is 9.57. The highest BCUT2D eigenvalue weighted by molar-refractivity contribution is 5.66. The Hall–Kier alpha value is -1.26. The monoisotopic (exact) mass is 369 g/mol. The predicted octanol–water partition coefficient (Wildman–Crippen LogP) is 4.27. The van der Waals surface area contributed by atoms with Crippen LogP contribution in [0, 0.1) is 11.8 Å². The summed E-state index contributed by atoms with van der Waals surface area (Å²) in [5.74, 6) is 1.97. The van der Waals surface area contributed by atoms with Gasteiger partial charge in [-0.05, 0) is 56.1 Å². The first-order valence-corrected chi connectivity index (χ1v) is 11.2. The molecule has 4 bridgehead atoms. The van der Waals surface area contributed by atoms with Gasteiger partial charge in [0.2, 0.25) is 0 Å². The van der Waals surface area contributed by atoms with Crippen molar-refractivity contribution in [3.8, 4) is 0 Å². The highest BCUT2D eigenvalue weighted by Crippen LogP contribution is 2.43. The van der Waals surface area contributed by atoms with E-state index in [2.05, 4.69) is 22.3 Å². The number of anilines is 2. The Labute approximate surface area is 163 Å². The molecule has 1 aromatic rings. The summed E-state index contributed by atoms with van der Waals surface area (Å²) >= 11 is 0. The smallest absolute Gasteiger partial charge is 0.0623 e. The van der Waals surface area contributed by atoms with Crippen molar-refractivity contribution < 1.29 is 4.74 Å². The van der Waals surface area contributed by atoms with Gasteiger partial charge in [0.15, 0.2) is 0 Å². The molecule has 27 heavy (non-hydrogen) atoms. The van der Waals surface area contributed by atoms with E-state index in [-0.39, 0.29) is 0 Å². The molecule has 2 aliphatic carbocycles. The third-order valence-electron chi connectivity index (χ3n) is 7.67. The van der Waals surface area contributed by atoms with Crippen LogP contribution in [0.1, 0.15) is 57.8 Å². The fraction of sp³-hybridized carbons (Fsp3) is 0.739. The van der Waals surface area contributed by atoms with Crippen LogP contribution >= 0.6 is 0 Å². The van der Waals surface area contributed by atoms with Gasteiger partial charge < -0.3 is 15.8 Å². The number of hydrogen-bond donors (Lipinski definition) is 2. The molecule has 4 heteroatoms. The molecule has 0 amide bonds. The molecular formula is C23H35N3O. The van der Waals surface area contributed by atoms with Gasteiger partial charge in [0.05, 0.1) is 24.6 Å². The molecule has 3 N–H and O–H groups in total. The van der Waals surface area contributed by atoms with Crippen molar-refractivity contribution in [2.45, 2.75) is 82.0 Å². The number of rotatable bonds is 3. The van der Waals surface area contributed by atoms with Crippen LogP contribution in [-0.2, 0) is 4.74 Å². The number of nitrogens with two attached hydrogens (primary N) is 1. The van der Waals surface area contributed by atoms with E-state index in [0.717, 1.165) is 42.5 Å². The van der Waals surface area contributed by atoms with Crippen molar-refractivity contribution in [3.05, 3.63) is 24.3 Å². The van der Waals surface area contributed by atoms with E-state index in [1.807, 2.05) is 12.1 Å². The first-order valence-electron chi connectivity index (χ1n) is 11.2. The first kappa shape index (κ1) is 17.8. The van der Waals surface area contributed by atoms with Crippen LogP contribution in [0.15, 0.2) is 24.3 Å². The summed E-state index contributed by atoms with van der Waals surface area (Å²) in [7, 11) is 0. The van der Waals surface area contributed by atoms with E-state index in [1.54, 1.807) is 0 Å². The second kappa shape index (κ2) is 7.63. The molecule has 5 rings (SSSR count). The standard InChI is InChI=1S/C23H35N3O/c24-22-7-3-4-8-23(22)25-18-12-20-14-27-15-21(13-18)26(20)19-10-16-5-1-2-6-17(9-16)11-19/h3-4,7-8,16-21,25H,1-2,5-6,9-15,24H2/t16?,17?,18-,19?,20-,21+. The zero-order valence-electron chi connectivity index (χ0n) is 16.5. The molecule has 0 radical (unpaired) electrons. The first-order chi connectivity index (χ1) is 13.3. The average Bonchev–Trinajstić information content (AvgIpc) is 2.82. The largest absolute Gasteiger partial charge is 0.397 e. The Bertz CT molecular complexity index is 622. The van der Waals surface area contributed by atoms with Crippen molar-refractivity contribution in [1.29, 1.82) is 0 Å². The Balaban J connectivity index is 1.29. The van der Waals surface area contributed by atoms with E-state index in [9.17, 15) is 0 Å². The Morgan fingerprint density at radius 2 is 1.52 bits per heavy atom. The van der Waals surface area contributed by atoms with E-state index < -0.39 is 0 Å². The lowest BCUT2D eigenvalue weighted by molar-refractivity contribution is -0.108. The molecule has 0 aromatic heterocycles. The molecule has 4 aliphatic rings. The van der Waals surface area contributed by atoms with Crippen LogP contribution in [0.2, 0.25) is 0 Å². The molecule has 4 nitrogen and oxygen atoms in total. The molecule has 2 heterocycles. The zero-order chi connectivity index (χ0) is 18.2. The lowest BCUT2D eigenvalue weighted by atomic mass is 9.75. The van der Waals surface area contributed by atoms with Crippen molar-refractivity contribution in [3.63, 3.8) is 0 Å². The minimum atomic E-state index is 0.510. The number of fused-ring (bicyclic) bond motifs is 4. The number of hydrogen-bond acceptors (Lipinski definition) is 4. The molecule has 2 saturated carbocycles. The molecule has 2 unspecified atom stereocenters. The van der Waals surface area contributed by atoms with Gasteiger partial charge in [-0.2, -0.15) is 0 Å². The maximum absolute atomic E-state index is 6.17. The van der Waals surface area contributed by atoms with Gasteiger partial charge in [0, 0.05) is 24.2 Å². The van der Waals surface area contributed by atoms with Crippen molar-refractivity contribution >= 4 is 11.4 Å². The lowest BCUT2D eigenvalue weighted by Gasteiger charge is -2.54. The molecular weight excluding hydrogens is 334 g/mol. The molecule has 0 spiro atoms. The predicted molar refractivity (Wildman–Crippen MR) is 111 cm³/mol. The number of benzene rings is 1. The van der Waals surface area contributed by atoms with Crippen LogP contribution in [-0.4, -0.2) is 42.3 Å². The van der Waals surface area contributed by atoms with E-state index in [0.29, 0.717) is 18.1 Å². The van der Waals surface area contributed by atoms with Crippen LogP contribution in [0.5, 0.6) is 0 Å². The van der Waals surface area contributed by atoms with Crippen LogP contribution in [0.3, 0.4) is 0 Å². The number of nitrogens with zero attached hydrogens (tertiary/aromatic N) is 1. The number of nitrogens with one attached hydrogen (secondary N) is 1. The van der Waals surface area contributed by atoms with Gasteiger partial charge in [0.25, 0.3) is 0 Å². The van der Waals surface area contributed by atoms with Crippen molar-refractivity contribution in [2.75, 3.05) is 24.3 Å². The quantitative estimate of drug-likeness (QED) is 0.781. The van der Waals surface area contributed by atoms with Gasteiger partial charge in [-0.1, -0.05) is 37.8 Å². The topological polar surface area (TPSA) is 50.5 Å². The maximum atomic E-state index is 6.17. The van der Waals surface area contributed by atoms with Crippen LogP contribution in [0.4, 0.5) is 11.4 Å². The van der Waals surface area contributed by atoms with E-state index >= 15 is 0 Å². The van der Waals surface area contributed by atoms with Crippen molar-refractivity contribution in [2.24, 2.45) is 11.8 Å². The highest BCUT2D eigenvalue weighted by atomic mass is 16.5. The third kappa shape index (κ3) is 3.71. The molecule has 4 fully saturated rings. The number of piperidine rings is 1. The highest BCUT2D eigenvalue weighted by Gasteiger charge is 2.45. The second-order valence-electron chi connectivity index (χ2n) is 9.57. The lowest BCUT2D eigenvalue weighted by Crippen LogP contribution is -2.63. The summed E-state index contributed by atoms with van der Waals surface area (Å²) in [6.45, 7) is 1.82. The Kier molecular flexibility index (Phi) is 5.04. The van der Waals surface area contributed by atoms with Crippen molar-refractivity contribution in [1.82, 2.24) is 4.90 Å². The Morgan fingerprint density at radius 1 is 0.852 bits per heavy atom. The van der Waals surface area contributed by atoms with E-state index in [1.165, 1.54) is 57.8 Å². The van der Waals surface area contributed by atoms with Gasteiger partial charge >= 0.3 is 0 Å². The fourth-order valence-electron chi connectivity index (χ4n) is 6.62. The fourth-order valence-corrected chi connectivity index (χ4v) is 6.62. The molecule has 5 atom stereocenters. The minimum absolute atomic E-state index is 0.510. The molecule has 2 saturated heterocycles.